The fourth-order valence-electron chi connectivity index (χ4n) is 3.89. The molecule has 10 heteroatoms. The molecule has 1 aromatic carbocycles. The van der Waals surface area contributed by atoms with Crippen molar-refractivity contribution in [2.45, 2.75) is 25.0 Å². The Kier molecular flexibility index (Phi) is 5.76. The van der Waals surface area contributed by atoms with Crippen molar-refractivity contribution in [1.82, 2.24) is 15.2 Å². The van der Waals surface area contributed by atoms with Gasteiger partial charge < -0.3 is 24.2 Å². The summed E-state index contributed by atoms with van der Waals surface area (Å²) in [5.74, 6) is -0.0642. The third-order valence-electron chi connectivity index (χ3n) is 5.65. The van der Waals surface area contributed by atoms with Gasteiger partial charge in [0.15, 0.2) is 5.58 Å². The van der Waals surface area contributed by atoms with E-state index in [9.17, 15) is 14.9 Å². The average Bonchev–Trinajstić information content (AvgIpc) is 3.35. The predicted octanol–water partition coefficient (Wildman–Crippen LogP) is 2.54. The fraction of sp³-hybridized carbons (Fsp3) is 0.348. The standard InChI is InChI=1S/C23H22N4O5S/c1-27-16-7-13(3-4-17(16)32-23(27)29)20-10-18-21(33-20)9-15(31-18)8-14(11-24)26-22(28)19-12-25-5-2-6-30-19/h3-4,7,9-10,14,19,25H,2,5-6,8,12H2,1H3,(H,26,28). The molecule has 170 valence electrons. The molecule has 33 heavy (non-hydrogen) atoms. The van der Waals surface area contributed by atoms with Crippen molar-refractivity contribution >= 4 is 38.6 Å². The van der Waals surface area contributed by atoms with Crippen LogP contribution in [-0.2, 0) is 23.0 Å². The van der Waals surface area contributed by atoms with E-state index in [2.05, 4.69) is 16.7 Å². The van der Waals surface area contributed by atoms with E-state index in [1.165, 1.54) is 4.57 Å². The molecule has 4 aromatic rings. The Balaban J connectivity index is 1.30. The number of fused-ring (bicyclic) bond motifs is 2. The molecular formula is C23H22N4O5S. The van der Waals surface area contributed by atoms with Crippen LogP contribution in [0.4, 0.5) is 0 Å². The van der Waals surface area contributed by atoms with Gasteiger partial charge >= 0.3 is 5.76 Å². The van der Waals surface area contributed by atoms with Crippen molar-refractivity contribution in [3.8, 4) is 16.5 Å². The number of rotatable bonds is 5. The molecule has 1 amide bonds. The summed E-state index contributed by atoms with van der Waals surface area (Å²) in [6, 6.07) is 10.9. The predicted molar refractivity (Wildman–Crippen MR) is 123 cm³/mol. The van der Waals surface area contributed by atoms with Crippen LogP contribution < -0.4 is 16.4 Å². The van der Waals surface area contributed by atoms with Gasteiger partial charge in [0.2, 0.25) is 0 Å². The molecule has 4 heterocycles. The van der Waals surface area contributed by atoms with Crippen LogP contribution in [0.2, 0.25) is 0 Å². The van der Waals surface area contributed by atoms with Gasteiger partial charge in [0.1, 0.15) is 23.5 Å². The summed E-state index contributed by atoms with van der Waals surface area (Å²) < 4.78 is 19.1. The lowest BCUT2D eigenvalue weighted by Gasteiger charge is -2.17. The minimum atomic E-state index is -0.714. The Morgan fingerprint density at radius 2 is 2.21 bits per heavy atom. The van der Waals surface area contributed by atoms with Gasteiger partial charge in [0, 0.05) is 37.6 Å². The molecule has 0 saturated carbocycles. The van der Waals surface area contributed by atoms with Crippen molar-refractivity contribution in [2.24, 2.45) is 7.05 Å². The second-order valence-corrected chi connectivity index (χ2v) is 9.06. The highest BCUT2D eigenvalue weighted by molar-refractivity contribution is 7.22. The van der Waals surface area contributed by atoms with Gasteiger partial charge in [-0.05, 0) is 42.8 Å². The molecule has 2 N–H and O–H groups in total. The maximum atomic E-state index is 12.5. The highest BCUT2D eigenvalue weighted by atomic mass is 32.1. The maximum Gasteiger partial charge on any atom is 0.419 e. The van der Waals surface area contributed by atoms with Crippen LogP contribution in [0, 0.1) is 11.3 Å². The van der Waals surface area contributed by atoms with E-state index in [4.69, 9.17) is 13.6 Å². The lowest BCUT2D eigenvalue weighted by atomic mass is 10.1. The number of nitriles is 1. The number of hydrogen-bond acceptors (Lipinski definition) is 8. The van der Waals surface area contributed by atoms with Gasteiger partial charge in [0.25, 0.3) is 5.91 Å². The van der Waals surface area contributed by atoms with Crippen LogP contribution in [0.15, 0.2) is 44.0 Å². The molecule has 9 nitrogen and oxygen atoms in total. The number of hydrogen-bond donors (Lipinski definition) is 2. The zero-order chi connectivity index (χ0) is 22.9. The molecule has 3 aromatic heterocycles. The van der Waals surface area contributed by atoms with Crippen molar-refractivity contribution < 1.29 is 18.4 Å². The van der Waals surface area contributed by atoms with Gasteiger partial charge in [0.05, 0.1) is 16.3 Å². The van der Waals surface area contributed by atoms with Crippen molar-refractivity contribution in [1.29, 1.82) is 5.26 Å². The summed E-state index contributed by atoms with van der Waals surface area (Å²) in [5.41, 5.74) is 2.94. The maximum absolute atomic E-state index is 12.5. The van der Waals surface area contributed by atoms with Crippen LogP contribution in [-0.4, -0.2) is 42.3 Å². The van der Waals surface area contributed by atoms with E-state index >= 15 is 0 Å². The molecule has 0 radical (unpaired) electrons. The Morgan fingerprint density at radius 3 is 3.03 bits per heavy atom. The lowest BCUT2D eigenvalue weighted by Crippen LogP contribution is -2.46. The molecule has 0 aliphatic carbocycles. The van der Waals surface area contributed by atoms with Gasteiger partial charge in [-0.25, -0.2) is 4.79 Å². The van der Waals surface area contributed by atoms with Gasteiger partial charge in [-0.15, -0.1) is 11.3 Å². The molecule has 1 saturated heterocycles. The van der Waals surface area contributed by atoms with Crippen molar-refractivity contribution in [3.05, 3.63) is 46.6 Å². The Bertz CT molecular complexity index is 1380. The third kappa shape index (κ3) is 4.30. The summed E-state index contributed by atoms with van der Waals surface area (Å²) in [6.07, 6.45) is 0.519. The SMILES string of the molecule is Cn1c(=O)oc2ccc(-c3cc4oc(CC(C#N)NC(=O)C5CNCCCO5)cc4s3)cc21. The lowest BCUT2D eigenvalue weighted by molar-refractivity contribution is -0.132. The summed E-state index contributed by atoms with van der Waals surface area (Å²) in [6.45, 7) is 1.76. The number of benzene rings is 1. The monoisotopic (exact) mass is 466 g/mol. The fourth-order valence-corrected chi connectivity index (χ4v) is 4.93. The minimum absolute atomic E-state index is 0.266. The third-order valence-corrected chi connectivity index (χ3v) is 6.76. The first kappa shape index (κ1) is 21.5. The number of furan rings is 1. The van der Waals surface area contributed by atoms with Gasteiger partial charge in [-0.2, -0.15) is 5.26 Å². The normalized spacial score (nSPS) is 17.6. The van der Waals surface area contributed by atoms with E-state index in [1.54, 1.807) is 24.5 Å². The number of thiophene rings is 1. The van der Waals surface area contributed by atoms with E-state index in [0.717, 1.165) is 33.6 Å². The number of nitrogens with one attached hydrogen (secondary N) is 2. The number of nitrogens with zero attached hydrogens (tertiary/aromatic N) is 2. The Labute approximate surface area is 192 Å². The quantitative estimate of drug-likeness (QED) is 0.463. The molecule has 2 atom stereocenters. The van der Waals surface area contributed by atoms with E-state index in [1.807, 2.05) is 24.3 Å². The smallest absolute Gasteiger partial charge is 0.419 e. The van der Waals surface area contributed by atoms with Crippen molar-refractivity contribution in [3.63, 3.8) is 0 Å². The van der Waals surface area contributed by atoms with E-state index < -0.39 is 17.9 Å². The molecular weight excluding hydrogens is 444 g/mol. The number of aromatic nitrogens is 1. The second-order valence-electron chi connectivity index (χ2n) is 7.97. The number of carbonyl (C=O) groups is 1. The minimum Gasteiger partial charge on any atom is -0.460 e. The molecule has 0 spiro atoms. The van der Waals surface area contributed by atoms with E-state index in [0.29, 0.717) is 30.1 Å². The van der Waals surface area contributed by atoms with Gasteiger partial charge in [-0.3, -0.25) is 9.36 Å². The summed E-state index contributed by atoms with van der Waals surface area (Å²) in [4.78, 5) is 25.2. The van der Waals surface area contributed by atoms with Crippen LogP contribution in [0.25, 0.3) is 31.8 Å². The summed E-state index contributed by atoms with van der Waals surface area (Å²) >= 11 is 1.56. The van der Waals surface area contributed by atoms with E-state index in [-0.39, 0.29) is 12.3 Å². The summed E-state index contributed by atoms with van der Waals surface area (Å²) in [5, 5.41) is 15.4. The van der Waals surface area contributed by atoms with Crippen LogP contribution >= 0.6 is 11.3 Å². The van der Waals surface area contributed by atoms with Crippen LogP contribution in [0.1, 0.15) is 12.2 Å². The number of carbonyl (C=O) groups excluding carboxylic acids is 1. The first-order valence-electron chi connectivity index (χ1n) is 10.7. The first-order valence-corrected chi connectivity index (χ1v) is 11.5. The van der Waals surface area contributed by atoms with Crippen molar-refractivity contribution in [2.75, 3.05) is 19.7 Å². The molecule has 1 aliphatic heterocycles. The Morgan fingerprint density at radius 1 is 1.33 bits per heavy atom. The molecule has 2 unspecified atom stereocenters. The average molecular weight is 467 g/mol. The first-order chi connectivity index (χ1) is 16.0. The largest absolute Gasteiger partial charge is 0.460 e. The number of oxazole rings is 1. The van der Waals surface area contributed by atoms with Gasteiger partial charge in [-0.1, -0.05) is 0 Å². The number of ether oxygens (including phenoxy) is 1. The molecule has 1 fully saturated rings. The molecule has 0 bridgehead atoms. The topological polar surface area (TPSA) is 122 Å². The zero-order valence-corrected chi connectivity index (χ0v) is 18.7. The molecule has 5 rings (SSSR count). The highest BCUT2D eigenvalue weighted by Gasteiger charge is 2.24. The van der Waals surface area contributed by atoms with Crippen LogP contribution in [0.5, 0.6) is 0 Å². The molecule has 1 aliphatic rings. The number of amides is 1. The highest BCUT2D eigenvalue weighted by Crippen LogP contribution is 2.36. The number of aryl methyl sites for hydroxylation is 1. The van der Waals surface area contributed by atoms with Crippen LogP contribution in [0.3, 0.4) is 0 Å². The zero-order valence-electron chi connectivity index (χ0n) is 17.9. The summed E-state index contributed by atoms with van der Waals surface area (Å²) in [7, 11) is 1.67. The second kappa shape index (κ2) is 8.86. The Hall–Kier alpha value is -3.39.